The number of benzene rings is 2. The Balaban J connectivity index is 1.78. The number of fused-ring (bicyclic) bond motifs is 1. The Morgan fingerprint density at radius 3 is 2.65 bits per heavy atom. The molecule has 0 amide bonds. The number of rotatable bonds is 3. The number of anilines is 2. The highest BCUT2D eigenvalue weighted by Gasteiger charge is 2.10. The van der Waals surface area contributed by atoms with Crippen LogP contribution < -0.4 is 5.32 Å². The van der Waals surface area contributed by atoms with E-state index >= 15 is 0 Å². The predicted octanol–water partition coefficient (Wildman–Crippen LogP) is 4.51. The number of imidazole rings is 1. The highest BCUT2D eigenvalue weighted by atomic mass is 19.1. The van der Waals surface area contributed by atoms with Gasteiger partial charge in [-0.15, -0.1) is 0 Å². The molecule has 2 aromatic heterocycles. The molecule has 0 saturated heterocycles. The number of aromatic nitrogens is 3. The molecular formula is C18H13FN4. The van der Waals surface area contributed by atoms with Gasteiger partial charge in [0, 0.05) is 17.4 Å². The smallest absolute Gasteiger partial charge is 0.158 e. The van der Waals surface area contributed by atoms with Crippen LogP contribution in [0.5, 0.6) is 0 Å². The van der Waals surface area contributed by atoms with E-state index in [4.69, 9.17) is 0 Å². The predicted molar refractivity (Wildman–Crippen MR) is 89.0 cm³/mol. The summed E-state index contributed by atoms with van der Waals surface area (Å²) in [4.78, 5) is 12.1. The van der Waals surface area contributed by atoms with Crippen LogP contribution in [0.1, 0.15) is 0 Å². The number of H-pyrrole nitrogens is 1. The fraction of sp³-hybridized carbons (Fsp3) is 0. The first-order valence-corrected chi connectivity index (χ1v) is 7.22. The lowest BCUT2D eigenvalue weighted by Gasteiger charge is -2.05. The van der Waals surface area contributed by atoms with Crippen molar-refractivity contribution < 1.29 is 4.39 Å². The molecule has 0 aliphatic carbocycles. The number of nitrogens with one attached hydrogen (secondary N) is 2. The minimum atomic E-state index is -0.288. The SMILES string of the molecule is Fc1cccc(-c2nc3c(Nc4ccccc4)nccc3[nH]2)c1. The van der Waals surface area contributed by atoms with Crippen molar-refractivity contribution in [2.45, 2.75) is 0 Å². The first-order valence-electron chi connectivity index (χ1n) is 7.22. The number of halogens is 1. The lowest BCUT2D eigenvalue weighted by Crippen LogP contribution is -1.93. The van der Waals surface area contributed by atoms with Crippen LogP contribution in [0.25, 0.3) is 22.4 Å². The Labute approximate surface area is 132 Å². The van der Waals surface area contributed by atoms with Crippen LogP contribution in [0.15, 0.2) is 66.9 Å². The van der Waals surface area contributed by atoms with Gasteiger partial charge in [-0.2, -0.15) is 0 Å². The molecule has 0 spiro atoms. The second-order valence-electron chi connectivity index (χ2n) is 5.14. The van der Waals surface area contributed by atoms with Crippen LogP contribution in [0.2, 0.25) is 0 Å². The first-order chi connectivity index (χ1) is 11.3. The summed E-state index contributed by atoms with van der Waals surface area (Å²) in [6.45, 7) is 0. The Bertz CT molecular complexity index is 963. The second-order valence-corrected chi connectivity index (χ2v) is 5.14. The summed E-state index contributed by atoms with van der Waals surface area (Å²) in [5.41, 5.74) is 3.20. The fourth-order valence-electron chi connectivity index (χ4n) is 2.46. The molecule has 112 valence electrons. The lowest BCUT2D eigenvalue weighted by molar-refractivity contribution is 0.628. The monoisotopic (exact) mass is 304 g/mol. The van der Waals surface area contributed by atoms with E-state index in [1.165, 1.54) is 12.1 Å². The van der Waals surface area contributed by atoms with Gasteiger partial charge in [-0.05, 0) is 30.3 Å². The van der Waals surface area contributed by atoms with Gasteiger partial charge in [-0.25, -0.2) is 14.4 Å². The third-order valence-corrected chi connectivity index (χ3v) is 3.54. The topological polar surface area (TPSA) is 53.6 Å². The van der Waals surface area contributed by atoms with Crippen molar-refractivity contribution in [3.8, 4) is 11.4 Å². The van der Waals surface area contributed by atoms with Crippen molar-refractivity contribution in [2.75, 3.05) is 5.32 Å². The van der Waals surface area contributed by atoms with E-state index in [2.05, 4.69) is 20.3 Å². The van der Waals surface area contributed by atoms with E-state index in [-0.39, 0.29) is 5.82 Å². The molecule has 0 aliphatic heterocycles. The Kier molecular flexibility index (Phi) is 3.24. The quantitative estimate of drug-likeness (QED) is 0.585. The summed E-state index contributed by atoms with van der Waals surface area (Å²) in [6.07, 6.45) is 1.71. The largest absolute Gasteiger partial charge is 0.338 e. The number of hydrogen-bond donors (Lipinski definition) is 2. The molecule has 0 unspecified atom stereocenters. The summed E-state index contributed by atoms with van der Waals surface area (Å²) in [7, 11) is 0. The van der Waals surface area contributed by atoms with Crippen molar-refractivity contribution in [1.29, 1.82) is 0 Å². The maximum absolute atomic E-state index is 13.4. The molecule has 4 aromatic rings. The minimum Gasteiger partial charge on any atom is -0.338 e. The first kappa shape index (κ1) is 13.5. The number of aromatic amines is 1. The van der Waals surface area contributed by atoms with E-state index < -0.39 is 0 Å². The number of hydrogen-bond acceptors (Lipinski definition) is 3. The van der Waals surface area contributed by atoms with Crippen molar-refractivity contribution >= 4 is 22.5 Å². The summed E-state index contributed by atoms with van der Waals surface area (Å²) in [5, 5.41) is 3.26. The van der Waals surface area contributed by atoms with Crippen LogP contribution in [0, 0.1) is 5.82 Å². The molecule has 0 aliphatic rings. The van der Waals surface area contributed by atoms with Crippen molar-refractivity contribution in [1.82, 2.24) is 15.0 Å². The molecule has 5 heteroatoms. The molecule has 2 N–H and O–H groups in total. The molecule has 0 atom stereocenters. The number of nitrogens with zero attached hydrogens (tertiary/aromatic N) is 2. The molecular weight excluding hydrogens is 291 g/mol. The minimum absolute atomic E-state index is 0.288. The zero-order valence-electron chi connectivity index (χ0n) is 12.1. The van der Waals surface area contributed by atoms with Crippen LogP contribution in [-0.2, 0) is 0 Å². The molecule has 0 saturated carbocycles. The van der Waals surface area contributed by atoms with Gasteiger partial charge in [0.1, 0.15) is 17.2 Å². The number of para-hydroxylation sites is 1. The van der Waals surface area contributed by atoms with E-state index in [1.54, 1.807) is 12.3 Å². The average Bonchev–Trinajstić information content (AvgIpc) is 3.01. The van der Waals surface area contributed by atoms with Crippen molar-refractivity contribution in [2.24, 2.45) is 0 Å². The van der Waals surface area contributed by atoms with E-state index in [0.717, 1.165) is 16.7 Å². The standard InChI is InChI=1S/C18H13FN4/c19-13-6-4-5-12(11-13)17-22-15-9-10-20-18(16(15)23-17)21-14-7-2-1-3-8-14/h1-11H,(H,20,21)(H,22,23). The molecule has 0 fully saturated rings. The zero-order valence-corrected chi connectivity index (χ0v) is 12.1. The van der Waals surface area contributed by atoms with Gasteiger partial charge in [0.25, 0.3) is 0 Å². The van der Waals surface area contributed by atoms with Gasteiger partial charge in [0.05, 0.1) is 5.52 Å². The van der Waals surface area contributed by atoms with E-state index in [9.17, 15) is 4.39 Å². The summed E-state index contributed by atoms with van der Waals surface area (Å²) >= 11 is 0. The van der Waals surface area contributed by atoms with Gasteiger partial charge in [0.2, 0.25) is 0 Å². The normalized spacial score (nSPS) is 10.8. The summed E-state index contributed by atoms with van der Waals surface area (Å²) in [6, 6.07) is 18.0. The third-order valence-electron chi connectivity index (χ3n) is 3.54. The van der Waals surface area contributed by atoms with E-state index in [1.807, 2.05) is 42.5 Å². The molecule has 0 radical (unpaired) electrons. The Hall–Kier alpha value is -3.21. The summed E-state index contributed by atoms with van der Waals surface area (Å²) < 4.78 is 13.4. The van der Waals surface area contributed by atoms with Crippen LogP contribution >= 0.6 is 0 Å². The molecule has 4 rings (SSSR count). The van der Waals surface area contributed by atoms with Crippen LogP contribution in [0.4, 0.5) is 15.9 Å². The Morgan fingerprint density at radius 1 is 0.957 bits per heavy atom. The van der Waals surface area contributed by atoms with Gasteiger partial charge < -0.3 is 10.3 Å². The molecule has 2 heterocycles. The van der Waals surface area contributed by atoms with Gasteiger partial charge in [0.15, 0.2) is 5.82 Å². The van der Waals surface area contributed by atoms with Crippen LogP contribution in [-0.4, -0.2) is 15.0 Å². The lowest BCUT2D eigenvalue weighted by atomic mass is 10.2. The van der Waals surface area contributed by atoms with Crippen molar-refractivity contribution in [3.05, 3.63) is 72.7 Å². The van der Waals surface area contributed by atoms with Gasteiger partial charge >= 0.3 is 0 Å². The maximum Gasteiger partial charge on any atom is 0.158 e. The highest BCUT2D eigenvalue weighted by molar-refractivity contribution is 5.89. The second kappa shape index (κ2) is 5.53. The van der Waals surface area contributed by atoms with Crippen LogP contribution in [0.3, 0.4) is 0 Å². The van der Waals surface area contributed by atoms with Gasteiger partial charge in [-0.3, -0.25) is 0 Å². The number of pyridine rings is 1. The van der Waals surface area contributed by atoms with Crippen molar-refractivity contribution in [3.63, 3.8) is 0 Å². The molecule has 23 heavy (non-hydrogen) atoms. The van der Waals surface area contributed by atoms with Gasteiger partial charge in [-0.1, -0.05) is 30.3 Å². The molecule has 2 aromatic carbocycles. The third kappa shape index (κ3) is 2.64. The fourth-order valence-corrected chi connectivity index (χ4v) is 2.46. The zero-order chi connectivity index (χ0) is 15.6. The molecule has 4 nitrogen and oxygen atoms in total. The van der Waals surface area contributed by atoms with E-state index in [0.29, 0.717) is 17.2 Å². The highest BCUT2D eigenvalue weighted by Crippen LogP contribution is 2.26. The summed E-state index contributed by atoms with van der Waals surface area (Å²) in [5.74, 6) is 0.986. The average molecular weight is 304 g/mol. The Morgan fingerprint density at radius 2 is 1.83 bits per heavy atom. The molecule has 0 bridgehead atoms. The maximum atomic E-state index is 13.4.